The quantitative estimate of drug-likeness (QED) is 0.570. The second-order valence-corrected chi connectivity index (χ2v) is 7.08. The third-order valence-electron chi connectivity index (χ3n) is 4.06. The zero-order valence-electron chi connectivity index (χ0n) is 13.9. The Hall–Kier alpha value is -2.18. The van der Waals surface area contributed by atoms with Crippen molar-refractivity contribution in [2.24, 2.45) is 5.10 Å². The lowest BCUT2D eigenvalue weighted by atomic mass is 9.84. The monoisotopic (exact) mass is 434 g/mol. The van der Waals surface area contributed by atoms with Gasteiger partial charge in [0.15, 0.2) is 11.5 Å². The maximum Gasteiger partial charge on any atom is 0.355 e. The fourth-order valence-electron chi connectivity index (χ4n) is 2.87. The van der Waals surface area contributed by atoms with Gasteiger partial charge in [-0.3, -0.25) is 10.2 Å². The Kier molecular flexibility index (Phi) is 5.74. The van der Waals surface area contributed by atoms with E-state index in [1.807, 2.05) is 24.3 Å². The molecule has 1 aliphatic heterocycles. The van der Waals surface area contributed by atoms with Gasteiger partial charge in [-0.15, -0.1) is 0 Å². The number of carbonyl (C=O) groups excluding carboxylic acids is 2. The lowest BCUT2D eigenvalue weighted by Crippen LogP contribution is -2.37. The van der Waals surface area contributed by atoms with Gasteiger partial charge in [0.05, 0.1) is 12.5 Å². The van der Waals surface area contributed by atoms with E-state index in [9.17, 15) is 9.59 Å². The number of ether oxygens (including phenoxy) is 1. The highest BCUT2D eigenvalue weighted by Crippen LogP contribution is 2.30. The fourth-order valence-corrected chi connectivity index (χ4v) is 3.42. The predicted molar refractivity (Wildman–Crippen MR) is 104 cm³/mol. The van der Waals surface area contributed by atoms with Gasteiger partial charge in [0.2, 0.25) is 0 Å². The summed E-state index contributed by atoms with van der Waals surface area (Å²) in [6.07, 6.45) is 0. The van der Waals surface area contributed by atoms with E-state index in [4.69, 9.17) is 16.3 Å². The fraction of sp³-hybridized carbons (Fsp3) is 0.211. The molecule has 2 aromatic carbocycles. The van der Waals surface area contributed by atoms with Crippen LogP contribution in [0.15, 0.2) is 58.1 Å². The maximum absolute atomic E-state index is 13.0. The number of nitrogens with one attached hydrogen (secondary N) is 1. The minimum Gasteiger partial charge on any atom is -0.461 e. The third kappa shape index (κ3) is 3.81. The Morgan fingerprint density at radius 1 is 1.23 bits per heavy atom. The van der Waals surface area contributed by atoms with E-state index in [0.717, 1.165) is 10.0 Å². The summed E-state index contributed by atoms with van der Waals surface area (Å²) in [5, 5.41) is 4.67. The Bertz CT molecular complexity index is 867. The number of hydrogen-bond acceptors (Lipinski definition) is 5. The van der Waals surface area contributed by atoms with Gasteiger partial charge in [-0.1, -0.05) is 39.7 Å². The summed E-state index contributed by atoms with van der Waals surface area (Å²) in [4.78, 5) is 25.3. The number of hydrogen-bond donors (Lipinski definition) is 1. The highest BCUT2D eigenvalue weighted by atomic mass is 79.9. The number of benzene rings is 2. The van der Waals surface area contributed by atoms with Crippen molar-refractivity contribution in [2.75, 3.05) is 6.61 Å². The maximum atomic E-state index is 13.0. The molecule has 2 atom stereocenters. The van der Waals surface area contributed by atoms with Gasteiger partial charge in [0, 0.05) is 15.1 Å². The lowest BCUT2D eigenvalue weighted by molar-refractivity contribution is -0.135. The zero-order chi connectivity index (χ0) is 18.7. The molecule has 0 saturated heterocycles. The molecule has 0 aliphatic carbocycles. The zero-order valence-corrected chi connectivity index (χ0v) is 16.3. The lowest BCUT2D eigenvalue weighted by Gasteiger charge is -2.20. The van der Waals surface area contributed by atoms with Crippen LogP contribution < -0.4 is 5.43 Å². The number of carbonyl (C=O) groups is 2. The third-order valence-corrected chi connectivity index (χ3v) is 4.80. The van der Waals surface area contributed by atoms with Crippen LogP contribution in [0.4, 0.5) is 0 Å². The van der Waals surface area contributed by atoms with Crippen molar-refractivity contribution in [3.05, 3.63) is 69.2 Å². The molecule has 5 nitrogen and oxygen atoms in total. The average molecular weight is 436 g/mol. The van der Waals surface area contributed by atoms with Crippen molar-refractivity contribution < 1.29 is 14.3 Å². The van der Waals surface area contributed by atoms with E-state index in [-0.39, 0.29) is 18.1 Å². The Balaban J connectivity index is 1.98. The molecule has 0 saturated carbocycles. The number of Topliss-reactive ketones (excluding diaryl/α,β-unsaturated/α-hetero) is 1. The van der Waals surface area contributed by atoms with Crippen LogP contribution in [0.5, 0.6) is 0 Å². The summed E-state index contributed by atoms with van der Waals surface area (Å²) in [6.45, 7) is 1.96. The average Bonchev–Trinajstić information content (AvgIpc) is 3.07. The Morgan fingerprint density at radius 2 is 1.96 bits per heavy atom. The van der Waals surface area contributed by atoms with E-state index in [0.29, 0.717) is 10.6 Å². The van der Waals surface area contributed by atoms with Crippen molar-refractivity contribution in [1.82, 2.24) is 5.43 Å². The van der Waals surface area contributed by atoms with Crippen LogP contribution in [-0.2, 0) is 9.53 Å². The molecule has 1 heterocycles. The van der Waals surface area contributed by atoms with Crippen LogP contribution in [0.3, 0.4) is 0 Å². The van der Waals surface area contributed by atoms with Crippen LogP contribution in [0.25, 0.3) is 0 Å². The van der Waals surface area contributed by atoms with E-state index < -0.39 is 17.9 Å². The molecule has 0 aromatic heterocycles. The summed E-state index contributed by atoms with van der Waals surface area (Å²) in [5.74, 6) is -1.25. The minimum atomic E-state index is -0.704. The summed E-state index contributed by atoms with van der Waals surface area (Å²) in [7, 11) is 0. The Morgan fingerprint density at radius 3 is 2.62 bits per heavy atom. The summed E-state index contributed by atoms with van der Waals surface area (Å²) >= 11 is 9.33. The van der Waals surface area contributed by atoms with Gasteiger partial charge in [0.25, 0.3) is 0 Å². The van der Waals surface area contributed by atoms with Crippen molar-refractivity contribution in [1.29, 1.82) is 0 Å². The van der Waals surface area contributed by atoms with Crippen LogP contribution >= 0.6 is 27.5 Å². The Labute approximate surface area is 164 Å². The molecule has 2 aromatic rings. The molecule has 0 fully saturated rings. The van der Waals surface area contributed by atoms with Crippen molar-refractivity contribution in [3.8, 4) is 0 Å². The van der Waals surface area contributed by atoms with Gasteiger partial charge in [-0.2, -0.15) is 5.10 Å². The standard InChI is InChI=1S/C19H16BrClN2O3/c1-2-26-19(25)17-15(12-4-3-5-13(20)10-12)16(22-23-17)18(24)11-6-8-14(21)9-7-11/h3-10,15-16,22H,2H2,1H3/t15-,16+/m1/s1. The topological polar surface area (TPSA) is 67.8 Å². The molecular weight excluding hydrogens is 420 g/mol. The molecule has 1 aliphatic rings. The number of nitrogens with zero attached hydrogens (tertiary/aromatic N) is 1. The van der Waals surface area contributed by atoms with Gasteiger partial charge in [0.1, 0.15) is 6.04 Å². The number of halogens is 2. The predicted octanol–water partition coefficient (Wildman–Crippen LogP) is 3.96. The van der Waals surface area contributed by atoms with Gasteiger partial charge >= 0.3 is 5.97 Å². The SMILES string of the molecule is CCOC(=O)C1=NN[C@H](C(=O)c2ccc(Cl)cc2)[C@H]1c1cccc(Br)c1. The van der Waals surface area contributed by atoms with Crippen LogP contribution in [0.2, 0.25) is 5.02 Å². The van der Waals surface area contributed by atoms with E-state index in [1.165, 1.54) is 0 Å². The minimum absolute atomic E-state index is 0.172. The first-order valence-electron chi connectivity index (χ1n) is 8.06. The first kappa shape index (κ1) is 18.6. The number of ketones is 1. The highest BCUT2D eigenvalue weighted by molar-refractivity contribution is 9.10. The van der Waals surface area contributed by atoms with Crippen LogP contribution in [0, 0.1) is 0 Å². The molecule has 0 amide bonds. The van der Waals surface area contributed by atoms with E-state index in [2.05, 4.69) is 26.5 Å². The van der Waals surface area contributed by atoms with Crippen molar-refractivity contribution in [2.45, 2.75) is 18.9 Å². The smallest absolute Gasteiger partial charge is 0.355 e. The summed E-state index contributed by atoms with van der Waals surface area (Å²) in [5.41, 5.74) is 4.30. The molecule has 0 bridgehead atoms. The molecular formula is C19H16BrClN2O3. The van der Waals surface area contributed by atoms with Crippen LogP contribution in [0.1, 0.15) is 28.8 Å². The van der Waals surface area contributed by atoms with E-state index in [1.54, 1.807) is 31.2 Å². The van der Waals surface area contributed by atoms with Crippen molar-refractivity contribution >= 4 is 45.0 Å². The molecule has 134 valence electrons. The summed E-state index contributed by atoms with van der Waals surface area (Å²) in [6, 6.07) is 13.4. The van der Waals surface area contributed by atoms with E-state index >= 15 is 0 Å². The molecule has 3 rings (SSSR count). The molecule has 7 heteroatoms. The van der Waals surface area contributed by atoms with Crippen molar-refractivity contribution in [3.63, 3.8) is 0 Å². The molecule has 0 radical (unpaired) electrons. The summed E-state index contributed by atoms with van der Waals surface area (Å²) < 4.78 is 5.96. The largest absolute Gasteiger partial charge is 0.461 e. The molecule has 0 spiro atoms. The van der Waals surface area contributed by atoms with Gasteiger partial charge in [-0.25, -0.2) is 4.79 Å². The normalized spacial score (nSPS) is 18.8. The highest BCUT2D eigenvalue weighted by Gasteiger charge is 2.41. The molecule has 0 unspecified atom stereocenters. The number of hydrazone groups is 1. The first-order chi connectivity index (χ1) is 12.5. The molecule has 1 N–H and O–H groups in total. The number of esters is 1. The van der Waals surface area contributed by atoms with Gasteiger partial charge < -0.3 is 4.74 Å². The van der Waals surface area contributed by atoms with Gasteiger partial charge in [-0.05, 0) is 48.9 Å². The first-order valence-corrected chi connectivity index (χ1v) is 9.24. The molecule has 26 heavy (non-hydrogen) atoms. The second-order valence-electron chi connectivity index (χ2n) is 5.73. The second kappa shape index (κ2) is 8.01. The van der Waals surface area contributed by atoms with Crippen LogP contribution in [-0.4, -0.2) is 30.1 Å². The number of rotatable bonds is 5.